The first-order chi connectivity index (χ1) is 7.22. The first kappa shape index (κ1) is 11.9. The smallest absolute Gasteiger partial charge is 0.145 e. The predicted molar refractivity (Wildman–Crippen MR) is 60.1 cm³/mol. The SMILES string of the molecule is COc1cc(OC)c(NCCO)cc1Cl. The minimum atomic E-state index is 0.0484. The van der Waals surface area contributed by atoms with Crippen LogP contribution in [0.1, 0.15) is 0 Å². The lowest BCUT2D eigenvalue weighted by atomic mass is 10.2. The zero-order valence-corrected chi connectivity index (χ0v) is 9.47. The predicted octanol–water partition coefficient (Wildman–Crippen LogP) is 1.76. The first-order valence-corrected chi connectivity index (χ1v) is 4.87. The van der Waals surface area contributed by atoms with Gasteiger partial charge in [-0.25, -0.2) is 0 Å². The van der Waals surface area contributed by atoms with Crippen molar-refractivity contribution in [3.05, 3.63) is 17.2 Å². The monoisotopic (exact) mass is 231 g/mol. The van der Waals surface area contributed by atoms with Gasteiger partial charge in [-0.2, -0.15) is 0 Å². The fourth-order valence-corrected chi connectivity index (χ4v) is 1.43. The molecule has 5 heteroatoms. The van der Waals surface area contributed by atoms with Crippen LogP contribution in [0.2, 0.25) is 5.02 Å². The minimum absolute atomic E-state index is 0.0484. The molecule has 84 valence electrons. The molecule has 0 aromatic heterocycles. The Balaban J connectivity index is 2.98. The van der Waals surface area contributed by atoms with E-state index >= 15 is 0 Å². The number of aliphatic hydroxyl groups excluding tert-OH is 1. The molecule has 0 heterocycles. The summed E-state index contributed by atoms with van der Waals surface area (Å²) in [4.78, 5) is 0. The van der Waals surface area contributed by atoms with Crippen LogP contribution in [0.3, 0.4) is 0 Å². The van der Waals surface area contributed by atoms with Gasteiger partial charge in [-0.15, -0.1) is 0 Å². The summed E-state index contributed by atoms with van der Waals surface area (Å²) in [6, 6.07) is 3.40. The van der Waals surface area contributed by atoms with Crippen molar-refractivity contribution in [2.45, 2.75) is 0 Å². The molecule has 15 heavy (non-hydrogen) atoms. The van der Waals surface area contributed by atoms with Crippen LogP contribution in [0.15, 0.2) is 12.1 Å². The van der Waals surface area contributed by atoms with Crippen LogP contribution >= 0.6 is 11.6 Å². The minimum Gasteiger partial charge on any atom is -0.495 e. The van der Waals surface area contributed by atoms with Crippen LogP contribution in [0, 0.1) is 0 Å². The summed E-state index contributed by atoms with van der Waals surface area (Å²) in [7, 11) is 3.11. The van der Waals surface area contributed by atoms with Gasteiger partial charge in [-0.3, -0.25) is 0 Å². The lowest BCUT2D eigenvalue weighted by molar-refractivity contribution is 0.311. The summed E-state index contributed by atoms with van der Waals surface area (Å²) in [6.45, 7) is 0.492. The maximum atomic E-state index is 8.70. The van der Waals surface area contributed by atoms with Crippen molar-refractivity contribution in [1.29, 1.82) is 0 Å². The number of hydrogen-bond donors (Lipinski definition) is 2. The summed E-state index contributed by atoms with van der Waals surface area (Å²) in [5, 5.41) is 12.2. The zero-order chi connectivity index (χ0) is 11.3. The van der Waals surface area contributed by atoms with Crippen LogP contribution in [-0.4, -0.2) is 32.5 Å². The van der Waals surface area contributed by atoms with Crippen molar-refractivity contribution >= 4 is 17.3 Å². The lowest BCUT2D eigenvalue weighted by Gasteiger charge is -2.12. The Bertz CT molecular complexity index is 331. The Labute approximate surface area is 93.8 Å². The highest BCUT2D eigenvalue weighted by Gasteiger charge is 2.08. The van der Waals surface area contributed by atoms with E-state index in [0.717, 1.165) is 5.69 Å². The lowest BCUT2D eigenvalue weighted by Crippen LogP contribution is -2.06. The van der Waals surface area contributed by atoms with Gasteiger partial charge in [0.05, 0.1) is 31.5 Å². The van der Waals surface area contributed by atoms with E-state index in [0.29, 0.717) is 23.1 Å². The summed E-state index contributed by atoms with van der Waals surface area (Å²) in [5.41, 5.74) is 0.734. The Kier molecular flexibility index (Phi) is 4.52. The second-order valence-electron chi connectivity index (χ2n) is 2.84. The average Bonchev–Trinajstić information content (AvgIpc) is 2.26. The molecule has 0 saturated heterocycles. The molecule has 0 aliphatic carbocycles. The average molecular weight is 232 g/mol. The van der Waals surface area contributed by atoms with Gasteiger partial charge >= 0.3 is 0 Å². The maximum Gasteiger partial charge on any atom is 0.145 e. The highest BCUT2D eigenvalue weighted by Crippen LogP contribution is 2.35. The van der Waals surface area contributed by atoms with Crippen LogP contribution in [0.4, 0.5) is 5.69 Å². The number of ether oxygens (including phenoxy) is 2. The quantitative estimate of drug-likeness (QED) is 0.811. The van der Waals surface area contributed by atoms with Gasteiger partial charge in [-0.1, -0.05) is 11.6 Å². The van der Waals surface area contributed by atoms with Crippen LogP contribution in [-0.2, 0) is 0 Å². The molecule has 0 radical (unpaired) electrons. The molecule has 0 saturated carbocycles. The first-order valence-electron chi connectivity index (χ1n) is 4.49. The van der Waals surface area contributed by atoms with Gasteiger partial charge < -0.3 is 19.9 Å². The molecule has 0 unspecified atom stereocenters. The highest BCUT2D eigenvalue weighted by molar-refractivity contribution is 6.32. The third-order valence-electron chi connectivity index (χ3n) is 1.90. The number of aliphatic hydroxyl groups is 1. The van der Waals surface area contributed by atoms with Gasteiger partial charge in [0.25, 0.3) is 0 Å². The van der Waals surface area contributed by atoms with E-state index in [-0.39, 0.29) is 6.61 Å². The topological polar surface area (TPSA) is 50.7 Å². The summed E-state index contributed by atoms with van der Waals surface area (Å²) in [5.74, 6) is 1.19. The fraction of sp³-hybridized carbons (Fsp3) is 0.400. The molecule has 0 amide bonds. The Morgan fingerprint density at radius 3 is 2.47 bits per heavy atom. The second-order valence-corrected chi connectivity index (χ2v) is 3.24. The highest BCUT2D eigenvalue weighted by atomic mass is 35.5. The van der Waals surface area contributed by atoms with E-state index in [1.165, 1.54) is 0 Å². The summed E-state index contributed by atoms with van der Waals surface area (Å²) < 4.78 is 10.2. The van der Waals surface area contributed by atoms with Crippen molar-refractivity contribution in [1.82, 2.24) is 0 Å². The number of halogens is 1. The number of rotatable bonds is 5. The Morgan fingerprint density at radius 2 is 1.93 bits per heavy atom. The summed E-state index contributed by atoms with van der Waals surface area (Å²) >= 11 is 5.95. The van der Waals surface area contributed by atoms with Gasteiger partial charge in [0.1, 0.15) is 11.5 Å². The van der Waals surface area contributed by atoms with E-state index in [4.69, 9.17) is 26.2 Å². The Hall–Kier alpha value is -1.13. The molecule has 0 atom stereocenters. The van der Waals surface area contributed by atoms with Gasteiger partial charge in [0.2, 0.25) is 0 Å². The van der Waals surface area contributed by atoms with Crippen molar-refractivity contribution in [2.75, 3.05) is 32.7 Å². The molecule has 0 fully saturated rings. The van der Waals surface area contributed by atoms with Crippen molar-refractivity contribution in [2.24, 2.45) is 0 Å². The molecular weight excluding hydrogens is 218 g/mol. The largest absolute Gasteiger partial charge is 0.495 e. The van der Waals surface area contributed by atoms with Crippen molar-refractivity contribution < 1.29 is 14.6 Å². The Morgan fingerprint density at radius 1 is 1.27 bits per heavy atom. The standard InChI is InChI=1S/C10H14ClNO3/c1-14-9-6-10(15-2)8(5-7(9)11)12-3-4-13/h5-6,12-13H,3-4H2,1-2H3. The normalized spacial score (nSPS) is 9.87. The third-order valence-corrected chi connectivity index (χ3v) is 2.20. The fourth-order valence-electron chi connectivity index (χ4n) is 1.19. The van der Waals surface area contributed by atoms with Crippen LogP contribution < -0.4 is 14.8 Å². The number of methoxy groups -OCH3 is 2. The molecule has 0 bridgehead atoms. The number of benzene rings is 1. The van der Waals surface area contributed by atoms with Gasteiger partial charge in [0.15, 0.2) is 0 Å². The van der Waals surface area contributed by atoms with Crippen molar-refractivity contribution in [3.63, 3.8) is 0 Å². The number of nitrogens with one attached hydrogen (secondary N) is 1. The molecule has 2 N–H and O–H groups in total. The van der Waals surface area contributed by atoms with E-state index in [1.807, 2.05) is 0 Å². The molecule has 0 aliphatic rings. The second kappa shape index (κ2) is 5.68. The molecule has 1 rings (SSSR count). The van der Waals surface area contributed by atoms with Crippen LogP contribution in [0.5, 0.6) is 11.5 Å². The van der Waals surface area contributed by atoms with E-state index < -0.39 is 0 Å². The number of hydrogen-bond acceptors (Lipinski definition) is 4. The van der Waals surface area contributed by atoms with Gasteiger partial charge in [-0.05, 0) is 6.07 Å². The molecule has 0 aliphatic heterocycles. The number of anilines is 1. The van der Waals surface area contributed by atoms with E-state index in [1.54, 1.807) is 26.4 Å². The van der Waals surface area contributed by atoms with E-state index in [2.05, 4.69) is 5.32 Å². The van der Waals surface area contributed by atoms with Gasteiger partial charge in [0, 0.05) is 12.6 Å². The molecule has 1 aromatic carbocycles. The van der Waals surface area contributed by atoms with Crippen molar-refractivity contribution in [3.8, 4) is 11.5 Å². The zero-order valence-electron chi connectivity index (χ0n) is 8.71. The maximum absolute atomic E-state index is 8.70. The molecule has 4 nitrogen and oxygen atoms in total. The molecular formula is C10H14ClNO3. The summed E-state index contributed by atoms with van der Waals surface area (Å²) in [6.07, 6.45) is 0. The van der Waals surface area contributed by atoms with E-state index in [9.17, 15) is 0 Å². The third kappa shape index (κ3) is 2.91. The molecule has 1 aromatic rings. The van der Waals surface area contributed by atoms with Crippen LogP contribution in [0.25, 0.3) is 0 Å². The molecule has 0 spiro atoms.